The number of halogens is 3. The first-order valence-corrected chi connectivity index (χ1v) is 11.2. The average molecular weight is 430 g/mol. The van der Waals surface area contributed by atoms with E-state index in [9.17, 15) is 28.2 Å². The minimum absolute atomic E-state index is 0.0230. The number of alkyl halides is 3. The lowest BCUT2D eigenvalue weighted by Gasteiger charge is -2.56. The summed E-state index contributed by atoms with van der Waals surface area (Å²) in [6, 6.07) is 0. The largest absolute Gasteiger partial charge is 0.471 e. The van der Waals surface area contributed by atoms with Crippen molar-refractivity contribution in [3.8, 4) is 0 Å². The van der Waals surface area contributed by atoms with E-state index in [0.29, 0.717) is 12.8 Å². The zero-order valence-corrected chi connectivity index (χ0v) is 17.9. The Morgan fingerprint density at radius 3 is 2.57 bits per heavy atom. The standard InChI is InChI=1S/C23H34F3NO3/c1-14-4-5-17-19(14,2)8-9-22(20(3)7-6-16(29)10-15(20)11-28)12-21(17,22)13-27-18(30)23(24,25)26/h15-17,28-29H,1,4-13H2,2-3H3,(H,27,30)/t15-,16+,17-,19-,20+,21+,22+/m1/s1. The summed E-state index contributed by atoms with van der Waals surface area (Å²) in [5.41, 5.74) is 0.168. The molecule has 1 amide bonds. The molecular weight excluding hydrogens is 395 g/mol. The second-order valence-electron chi connectivity index (χ2n) is 10.9. The lowest BCUT2D eigenvalue weighted by atomic mass is 9.49. The molecule has 0 unspecified atom stereocenters. The van der Waals surface area contributed by atoms with Crippen LogP contribution >= 0.6 is 0 Å². The number of rotatable bonds is 4. The molecule has 4 aliphatic carbocycles. The van der Waals surface area contributed by atoms with Crippen molar-refractivity contribution >= 4 is 5.91 Å². The van der Waals surface area contributed by atoms with Crippen molar-refractivity contribution in [2.24, 2.45) is 33.5 Å². The van der Waals surface area contributed by atoms with Crippen LogP contribution in [0, 0.1) is 33.5 Å². The van der Waals surface area contributed by atoms with Crippen LogP contribution in [0.4, 0.5) is 13.2 Å². The fraction of sp³-hybridized carbons (Fsp3) is 0.870. The number of carbonyl (C=O) groups is 1. The SMILES string of the molecule is C=C1CC[C@H]2[C@@]3(CNC(=O)C(F)(F)F)C[C@]3([C@@]3(C)CC[C@H](O)C[C@@H]3CO)CC[C@]12C. The van der Waals surface area contributed by atoms with Gasteiger partial charge in [-0.2, -0.15) is 13.2 Å². The van der Waals surface area contributed by atoms with Crippen molar-refractivity contribution in [2.45, 2.75) is 77.5 Å². The third-order valence-corrected chi connectivity index (χ3v) is 10.1. The monoisotopic (exact) mass is 429 g/mol. The van der Waals surface area contributed by atoms with E-state index in [-0.39, 0.29) is 41.2 Å². The first-order chi connectivity index (χ1) is 13.9. The molecule has 4 nitrogen and oxygen atoms in total. The summed E-state index contributed by atoms with van der Waals surface area (Å²) in [6.45, 7) is 8.63. The van der Waals surface area contributed by atoms with Gasteiger partial charge in [0, 0.05) is 13.2 Å². The quantitative estimate of drug-likeness (QED) is 0.593. The van der Waals surface area contributed by atoms with E-state index in [1.807, 2.05) is 0 Å². The van der Waals surface area contributed by atoms with Gasteiger partial charge in [-0.15, -0.1) is 0 Å². The van der Waals surface area contributed by atoms with E-state index >= 15 is 0 Å². The van der Waals surface area contributed by atoms with Crippen LogP contribution in [0.1, 0.15) is 65.2 Å². The number of allylic oxidation sites excluding steroid dienone is 1. The Kier molecular flexibility index (Phi) is 4.95. The van der Waals surface area contributed by atoms with Gasteiger partial charge < -0.3 is 15.5 Å². The van der Waals surface area contributed by atoms with Gasteiger partial charge in [0.05, 0.1) is 6.10 Å². The highest BCUT2D eigenvalue weighted by atomic mass is 19.4. The summed E-state index contributed by atoms with van der Waals surface area (Å²) in [5, 5.41) is 22.6. The first kappa shape index (κ1) is 22.1. The van der Waals surface area contributed by atoms with E-state index in [1.165, 1.54) is 5.57 Å². The van der Waals surface area contributed by atoms with E-state index in [0.717, 1.165) is 38.5 Å². The Morgan fingerprint density at radius 1 is 1.23 bits per heavy atom. The molecule has 0 aromatic heterocycles. The predicted molar refractivity (Wildman–Crippen MR) is 106 cm³/mol. The van der Waals surface area contributed by atoms with Crippen LogP contribution in [0.3, 0.4) is 0 Å². The number of carbonyl (C=O) groups excluding carboxylic acids is 1. The fourth-order valence-electron chi connectivity index (χ4n) is 8.20. The van der Waals surface area contributed by atoms with Gasteiger partial charge in [0.15, 0.2) is 0 Å². The summed E-state index contributed by atoms with van der Waals surface area (Å²) < 4.78 is 38.8. The number of hydrogen-bond acceptors (Lipinski definition) is 3. The highest BCUT2D eigenvalue weighted by molar-refractivity contribution is 5.81. The van der Waals surface area contributed by atoms with Crippen LogP contribution in [0.15, 0.2) is 12.2 Å². The van der Waals surface area contributed by atoms with E-state index < -0.39 is 23.6 Å². The number of aliphatic hydroxyl groups is 2. The lowest BCUT2D eigenvalue weighted by Crippen LogP contribution is -2.54. The molecule has 0 heterocycles. The Bertz CT molecular complexity index is 754. The third kappa shape index (κ3) is 2.76. The summed E-state index contributed by atoms with van der Waals surface area (Å²) in [7, 11) is 0. The van der Waals surface area contributed by atoms with Crippen molar-refractivity contribution in [3.05, 3.63) is 12.2 Å². The number of hydrogen-bond donors (Lipinski definition) is 3. The molecule has 0 saturated heterocycles. The van der Waals surface area contributed by atoms with Crippen molar-refractivity contribution < 1.29 is 28.2 Å². The zero-order chi connectivity index (χ0) is 22.2. The van der Waals surface area contributed by atoms with Crippen molar-refractivity contribution in [1.82, 2.24) is 5.32 Å². The number of fused-ring (bicyclic) bond motifs is 3. The van der Waals surface area contributed by atoms with Gasteiger partial charge in [0.2, 0.25) is 0 Å². The molecule has 3 N–H and O–H groups in total. The Hall–Kier alpha value is -1.08. The van der Waals surface area contributed by atoms with Gasteiger partial charge >= 0.3 is 12.1 Å². The van der Waals surface area contributed by atoms with Gasteiger partial charge in [-0.05, 0) is 84.9 Å². The van der Waals surface area contributed by atoms with Crippen LogP contribution in [-0.2, 0) is 4.79 Å². The van der Waals surface area contributed by atoms with Crippen molar-refractivity contribution in [2.75, 3.05) is 13.2 Å². The molecule has 0 aliphatic heterocycles. The van der Waals surface area contributed by atoms with Gasteiger partial charge in [-0.3, -0.25) is 4.79 Å². The molecule has 0 bridgehead atoms. The topological polar surface area (TPSA) is 69.6 Å². The van der Waals surface area contributed by atoms with Crippen LogP contribution in [0.5, 0.6) is 0 Å². The summed E-state index contributed by atoms with van der Waals surface area (Å²) in [5.74, 6) is -1.78. The minimum Gasteiger partial charge on any atom is -0.396 e. The van der Waals surface area contributed by atoms with Crippen molar-refractivity contribution in [3.63, 3.8) is 0 Å². The Morgan fingerprint density at radius 2 is 1.93 bits per heavy atom. The smallest absolute Gasteiger partial charge is 0.396 e. The third-order valence-electron chi connectivity index (χ3n) is 10.1. The first-order valence-electron chi connectivity index (χ1n) is 11.2. The normalized spacial score (nSPS) is 48.1. The molecular formula is C23H34F3NO3. The molecule has 0 aromatic rings. The highest BCUT2D eigenvalue weighted by Gasteiger charge is 2.81. The van der Waals surface area contributed by atoms with Crippen molar-refractivity contribution in [1.29, 1.82) is 0 Å². The molecule has 30 heavy (non-hydrogen) atoms. The zero-order valence-electron chi connectivity index (χ0n) is 17.9. The van der Waals surface area contributed by atoms with Gasteiger partial charge in [-0.25, -0.2) is 0 Å². The molecule has 4 saturated carbocycles. The highest BCUT2D eigenvalue weighted by Crippen LogP contribution is 2.86. The molecule has 0 spiro atoms. The molecule has 4 aliphatic rings. The second kappa shape index (κ2) is 6.71. The van der Waals surface area contributed by atoms with Crippen LogP contribution < -0.4 is 5.32 Å². The fourth-order valence-corrected chi connectivity index (χ4v) is 8.20. The Labute approximate surface area is 176 Å². The van der Waals surface area contributed by atoms with Crippen LogP contribution in [0.25, 0.3) is 0 Å². The van der Waals surface area contributed by atoms with E-state index in [2.05, 4.69) is 25.7 Å². The summed E-state index contributed by atoms with van der Waals surface area (Å²) in [4.78, 5) is 11.7. The van der Waals surface area contributed by atoms with Crippen LogP contribution in [-0.4, -0.2) is 41.6 Å². The maximum absolute atomic E-state index is 12.9. The number of aliphatic hydroxyl groups excluding tert-OH is 2. The second-order valence-corrected chi connectivity index (χ2v) is 10.9. The number of amides is 1. The molecule has 0 aromatic carbocycles. The number of nitrogens with one attached hydrogen (secondary N) is 1. The molecule has 170 valence electrons. The van der Waals surface area contributed by atoms with E-state index in [1.54, 1.807) is 0 Å². The summed E-state index contributed by atoms with van der Waals surface area (Å²) >= 11 is 0. The average Bonchev–Trinajstić information content (AvgIpc) is 3.27. The van der Waals surface area contributed by atoms with Crippen LogP contribution in [0.2, 0.25) is 0 Å². The minimum atomic E-state index is -4.89. The maximum atomic E-state index is 12.9. The van der Waals surface area contributed by atoms with Gasteiger partial charge in [0.1, 0.15) is 0 Å². The molecule has 7 heteroatoms. The van der Waals surface area contributed by atoms with Gasteiger partial charge in [0.25, 0.3) is 0 Å². The lowest BCUT2D eigenvalue weighted by molar-refractivity contribution is -0.174. The van der Waals surface area contributed by atoms with E-state index in [4.69, 9.17) is 0 Å². The maximum Gasteiger partial charge on any atom is 0.471 e. The molecule has 0 radical (unpaired) electrons. The summed E-state index contributed by atoms with van der Waals surface area (Å²) in [6.07, 6.45) is 0.941. The molecule has 4 fully saturated rings. The Balaban J connectivity index is 1.71. The van der Waals surface area contributed by atoms with Gasteiger partial charge in [-0.1, -0.05) is 26.0 Å². The molecule has 7 atom stereocenters. The predicted octanol–water partition coefficient (Wildman–Crippen LogP) is 3.97. The molecule has 4 rings (SSSR count).